The molecule has 5 nitrogen and oxygen atoms in total. The van der Waals surface area contributed by atoms with Crippen LogP contribution in [0.5, 0.6) is 0 Å². The van der Waals surface area contributed by atoms with Crippen molar-refractivity contribution in [2.24, 2.45) is 0 Å². The smallest absolute Gasteiger partial charge is 0.272 e. The van der Waals surface area contributed by atoms with Crippen LogP contribution in [0, 0.1) is 0 Å². The molecule has 5 heteroatoms. The maximum Gasteiger partial charge on any atom is 0.272 e. The van der Waals surface area contributed by atoms with Gasteiger partial charge in [0.05, 0.1) is 16.8 Å². The van der Waals surface area contributed by atoms with E-state index in [4.69, 9.17) is 5.73 Å². The second kappa shape index (κ2) is 5.62. The van der Waals surface area contributed by atoms with Crippen molar-refractivity contribution in [1.29, 1.82) is 0 Å². The normalized spacial score (nSPS) is 10.8. The topological polar surface area (TPSA) is 84.7 Å². The van der Waals surface area contributed by atoms with Crippen molar-refractivity contribution in [1.82, 2.24) is 15.2 Å². The van der Waals surface area contributed by atoms with Crippen LogP contribution in [0.1, 0.15) is 0 Å². The molecule has 2 aromatic heterocycles. The number of nitrogens with one attached hydrogen (secondary N) is 1. The third-order valence-electron chi connectivity index (χ3n) is 3.93. The Morgan fingerprint density at radius 2 is 1.71 bits per heavy atom. The van der Waals surface area contributed by atoms with Crippen molar-refractivity contribution in [2.45, 2.75) is 0 Å². The SMILES string of the molecule is Nc1ccc(-c2cc(-c3ccc4cccnc4c3)c(=O)[nH]n2)cc1. The minimum atomic E-state index is -0.232. The molecule has 0 aliphatic heterocycles. The Labute approximate surface area is 137 Å². The molecular weight excluding hydrogens is 300 g/mol. The van der Waals surface area contributed by atoms with Gasteiger partial charge in [-0.25, -0.2) is 5.10 Å². The summed E-state index contributed by atoms with van der Waals surface area (Å²) in [5, 5.41) is 7.74. The van der Waals surface area contributed by atoms with Crippen LogP contribution in [0.25, 0.3) is 33.3 Å². The second-order valence-electron chi connectivity index (χ2n) is 5.53. The molecule has 0 aliphatic carbocycles. The van der Waals surface area contributed by atoms with E-state index in [1.807, 2.05) is 54.6 Å². The van der Waals surface area contributed by atoms with Gasteiger partial charge in [0.15, 0.2) is 0 Å². The Balaban J connectivity index is 1.86. The first-order chi connectivity index (χ1) is 11.7. The molecule has 0 saturated heterocycles. The summed E-state index contributed by atoms with van der Waals surface area (Å²) in [6.45, 7) is 0. The molecule has 0 spiro atoms. The minimum Gasteiger partial charge on any atom is -0.399 e. The van der Waals surface area contributed by atoms with Crippen LogP contribution in [0.4, 0.5) is 5.69 Å². The first-order valence-electron chi connectivity index (χ1n) is 7.51. The monoisotopic (exact) mass is 314 g/mol. The van der Waals surface area contributed by atoms with Gasteiger partial charge in [0, 0.05) is 22.8 Å². The van der Waals surface area contributed by atoms with Gasteiger partial charge in [0.25, 0.3) is 5.56 Å². The van der Waals surface area contributed by atoms with Gasteiger partial charge < -0.3 is 5.73 Å². The van der Waals surface area contributed by atoms with Crippen LogP contribution in [0.2, 0.25) is 0 Å². The first kappa shape index (κ1) is 14.1. The largest absolute Gasteiger partial charge is 0.399 e. The summed E-state index contributed by atoms with van der Waals surface area (Å²) in [7, 11) is 0. The van der Waals surface area contributed by atoms with E-state index in [2.05, 4.69) is 15.2 Å². The number of nitrogens with two attached hydrogens (primary N) is 1. The molecule has 2 heterocycles. The highest BCUT2D eigenvalue weighted by atomic mass is 16.1. The van der Waals surface area contributed by atoms with E-state index < -0.39 is 0 Å². The predicted molar refractivity (Wildman–Crippen MR) is 95.4 cm³/mol. The quantitative estimate of drug-likeness (QED) is 0.556. The molecule has 0 aliphatic rings. The Bertz CT molecular complexity index is 1080. The van der Waals surface area contributed by atoms with Crippen molar-refractivity contribution in [3.8, 4) is 22.4 Å². The maximum absolute atomic E-state index is 12.2. The summed E-state index contributed by atoms with van der Waals surface area (Å²) in [5.41, 5.74) is 9.96. The molecule has 116 valence electrons. The number of H-pyrrole nitrogens is 1. The highest BCUT2D eigenvalue weighted by Crippen LogP contribution is 2.24. The zero-order chi connectivity index (χ0) is 16.5. The highest BCUT2D eigenvalue weighted by Gasteiger charge is 2.09. The van der Waals surface area contributed by atoms with Gasteiger partial charge in [0.1, 0.15) is 0 Å². The van der Waals surface area contributed by atoms with Gasteiger partial charge in [-0.2, -0.15) is 5.10 Å². The van der Waals surface area contributed by atoms with Gasteiger partial charge in [-0.05, 0) is 35.9 Å². The van der Waals surface area contributed by atoms with Gasteiger partial charge in [-0.3, -0.25) is 9.78 Å². The van der Waals surface area contributed by atoms with E-state index in [1.54, 1.807) is 12.3 Å². The van der Waals surface area contributed by atoms with Crippen LogP contribution >= 0.6 is 0 Å². The standard InChI is InChI=1S/C19H14N4O/c20-15-7-5-13(6-8-15)18-11-16(19(24)23-22-18)14-4-3-12-2-1-9-21-17(12)10-14/h1-11H,20H2,(H,23,24). The van der Waals surface area contributed by atoms with Crippen LogP contribution in [0.3, 0.4) is 0 Å². The van der Waals surface area contributed by atoms with Gasteiger partial charge in [-0.1, -0.05) is 30.3 Å². The van der Waals surface area contributed by atoms with E-state index in [-0.39, 0.29) is 5.56 Å². The Kier molecular flexibility index (Phi) is 3.31. The third kappa shape index (κ3) is 2.52. The van der Waals surface area contributed by atoms with Crippen molar-refractivity contribution >= 4 is 16.6 Å². The number of anilines is 1. The van der Waals surface area contributed by atoms with E-state index in [9.17, 15) is 4.79 Å². The summed E-state index contributed by atoms with van der Waals surface area (Å²) in [4.78, 5) is 16.6. The fourth-order valence-corrected chi connectivity index (χ4v) is 2.66. The van der Waals surface area contributed by atoms with Crippen molar-refractivity contribution in [3.05, 3.63) is 77.2 Å². The molecule has 3 N–H and O–H groups in total. The summed E-state index contributed by atoms with van der Waals surface area (Å²) in [5.74, 6) is 0. The third-order valence-corrected chi connectivity index (χ3v) is 3.93. The number of hydrogen-bond acceptors (Lipinski definition) is 4. The van der Waals surface area contributed by atoms with E-state index in [1.165, 1.54) is 0 Å². The number of fused-ring (bicyclic) bond motifs is 1. The molecule has 24 heavy (non-hydrogen) atoms. The van der Waals surface area contributed by atoms with E-state index in [0.717, 1.165) is 22.0 Å². The van der Waals surface area contributed by atoms with Gasteiger partial charge >= 0.3 is 0 Å². The number of pyridine rings is 1. The number of nitrogens with zero attached hydrogens (tertiary/aromatic N) is 2. The number of aromatic nitrogens is 3. The molecule has 0 fully saturated rings. The van der Waals surface area contributed by atoms with E-state index >= 15 is 0 Å². The van der Waals surface area contributed by atoms with Crippen molar-refractivity contribution in [3.63, 3.8) is 0 Å². The number of aromatic amines is 1. The first-order valence-corrected chi connectivity index (χ1v) is 7.51. The fourth-order valence-electron chi connectivity index (χ4n) is 2.66. The molecule has 0 bridgehead atoms. The summed E-state index contributed by atoms with van der Waals surface area (Å²) >= 11 is 0. The molecule has 4 rings (SSSR count). The predicted octanol–water partition coefficient (Wildman–Crippen LogP) is 3.23. The lowest BCUT2D eigenvalue weighted by Gasteiger charge is -2.06. The van der Waals surface area contributed by atoms with Crippen LogP contribution in [0.15, 0.2) is 71.7 Å². The molecule has 0 unspecified atom stereocenters. The molecular formula is C19H14N4O. The molecule has 0 saturated carbocycles. The molecule has 0 amide bonds. The molecule has 0 atom stereocenters. The van der Waals surface area contributed by atoms with Gasteiger partial charge in [0.2, 0.25) is 0 Å². The average Bonchev–Trinajstić information content (AvgIpc) is 2.62. The number of rotatable bonds is 2. The lowest BCUT2D eigenvalue weighted by atomic mass is 10.0. The Hall–Kier alpha value is -3.47. The lowest BCUT2D eigenvalue weighted by Crippen LogP contribution is -2.11. The van der Waals surface area contributed by atoms with Crippen LogP contribution in [-0.4, -0.2) is 15.2 Å². The highest BCUT2D eigenvalue weighted by molar-refractivity contribution is 5.84. The lowest BCUT2D eigenvalue weighted by molar-refractivity contribution is 0.998. The van der Waals surface area contributed by atoms with Crippen LogP contribution in [-0.2, 0) is 0 Å². The molecule has 2 aromatic carbocycles. The van der Waals surface area contributed by atoms with E-state index in [0.29, 0.717) is 16.9 Å². The zero-order valence-electron chi connectivity index (χ0n) is 12.7. The fraction of sp³-hybridized carbons (Fsp3) is 0. The molecule has 4 aromatic rings. The number of nitrogen functional groups attached to an aromatic ring is 1. The molecule has 0 radical (unpaired) electrons. The Morgan fingerprint density at radius 3 is 2.54 bits per heavy atom. The van der Waals surface area contributed by atoms with Crippen molar-refractivity contribution in [2.75, 3.05) is 5.73 Å². The summed E-state index contributed by atoms with van der Waals surface area (Å²) < 4.78 is 0. The average molecular weight is 314 g/mol. The van der Waals surface area contributed by atoms with Crippen LogP contribution < -0.4 is 11.3 Å². The van der Waals surface area contributed by atoms with Gasteiger partial charge in [-0.15, -0.1) is 0 Å². The van der Waals surface area contributed by atoms with Crippen molar-refractivity contribution < 1.29 is 0 Å². The minimum absolute atomic E-state index is 0.232. The maximum atomic E-state index is 12.2. The number of benzene rings is 2. The Morgan fingerprint density at radius 1 is 0.917 bits per heavy atom. The summed E-state index contributed by atoms with van der Waals surface area (Å²) in [6, 6.07) is 18.8. The number of hydrogen-bond donors (Lipinski definition) is 2. The zero-order valence-corrected chi connectivity index (χ0v) is 12.7. The second-order valence-corrected chi connectivity index (χ2v) is 5.53. The summed E-state index contributed by atoms with van der Waals surface area (Å²) in [6.07, 6.45) is 1.74.